The van der Waals surface area contributed by atoms with Gasteiger partial charge in [-0.2, -0.15) is 0 Å². The summed E-state index contributed by atoms with van der Waals surface area (Å²) in [6.45, 7) is 8.86. The first-order chi connectivity index (χ1) is 17.6. The van der Waals surface area contributed by atoms with Gasteiger partial charge in [0.2, 0.25) is 0 Å². The van der Waals surface area contributed by atoms with E-state index in [1.165, 1.54) is 5.56 Å². The van der Waals surface area contributed by atoms with E-state index in [0.29, 0.717) is 5.02 Å². The number of piperazine rings is 1. The lowest BCUT2D eigenvalue weighted by Gasteiger charge is -2.30. The number of hydrogen-bond donors (Lipinski definition) is 2. The number of amides is 1. The van der Waals surface area contributed by atoms with Gasteiger partial charge in [0.05, 0.1) is 30.0 Å². The van der Waals surface area contributed by atoms with Gasteiger partial charge in [0.15, 0.2) is 0 Å². The second-order valence-electron chi connectivity index (χ2n) is 10.2. The molecule has 1 aliphatic heterocycles. The molecule has 3 heterocycles. The van der Waals surface area contributed by atoms with E-state index in [-0.39, 0.29) is 17.7 Å². The number of ether oxygens (including phenoxy) is 1. The fraction of sp³-hybridized carbons (Fsp3) is 0.393. The number of hydrogen-bond acceptors (Lipinski definition) is 6. The number of carbonyl (C=O) groups is 1. The van der Waals surface area contributed by atoms with Crippen LogP contribution in [0.15, 0.2) is 49.1 Å². The number of nitrogens with two attached hydrogens (primary N) is 1. The lowest BCUT2D eigenvalue weighted by Crippen LogP contribution is -2.48. The first-order valence-corrected chi connectivity index (χ1v) is 12.8. The zero-order chi connectivity index (χ0) is 26.6. The number of nitrogens with zero attached hydrogens (tertiary/aromatic N) is 4. The number of benzene rings is 1. The second-order valence-corrected chi connectivity index (χ2v) is 10.7. The number of fused-ring (bicyclic) bond motifs is 2. The van der Waals surface area contributed by atoms with Gasteiger partial charge >= 0.3 is 6.09 Å². The van der Waals surface area contributed by atoms with Crippen LogP contribution in [0.3, 0.4) is 0 Å². The molecule has 1 aromatic carbocycles. The van der Waals surface area contributed by atoms with Crippen molar-refractivity contribution in [3.63, 3.8) is 0 Å². The molecule has 1 saturated heterocycles. The van der Waals surface area contributed by atoms with E-state index in [9.17, 15) is 4.79 Å². The summed E-state index contributed by atoms with van der Waals surface area (Å²) >= 11 is 6.27. The van der Waals surface area contributed by atoms with E-state index in [1.807, 2.05) is 63.0 Å². The molecule has 8 nitrogen and oxygen atoms in total. The Labute approximate surface area is 223 Å². The fourth-order valence-corrected chi connectivity index (χ4v) is 4.56. The number of aryl methyl sites for hydroxylation is 1. The highest BCUT2D eigenvalue weighted by Crippen LogP contribution is 2.37. The molecule has 9 heteroatoms. The van der Waals surface area contributed by atoms with Gasteiger partial charge in [0.25, 0.3) is 0 Å². The van der Waals surface area contributed by atoms with Crippen LogP contribution in [0.2, 0.25) is 5.02 Å². The average Bonchev–Trinajstić information content (AvgIpc) is 3.22. The molecule has 1 unspecified atom stereocenters. The highest BCUT2D eigenvalue weighted by atomic mass is 35.5. The van der Waals surface area contributed by atoms with Crippen molar-refractivity contribution < 1.29 is 9.53 Å². The Morgan fingerprint density at radius 3 is 2.65 bits per heavy atom. The number of imidazole rings is 1. The molecule has 0 radical (unpaired) electrons. The minimum atomic E-state index is -0.387. The number of nitrogens with one attached hydrogen (secondary N) is 1. The third-order valence-corrected chi connectivity index (χ3v) is 6.49. The van der Waals surface area contributed by atoms with Crippen molar-refractivity contribution in [2.75, 3.05) is 26.2 Å². The summed E-state index contributed by atoms with van der Waals surface area (Å²) in [6, 6.07) is 9.70. The molecule has 3 aromatic rings. The summed E-state index contributed by atoms with van der Waals surface area (Å²) in [6.07, 6.45) is 8.09. The molecule has 0 bridgehead atoms. The van der Waals surface area contributed by atoms with Crippen molar-refractivity contribution in [3.8, 4) is 0 Å². The van der Waals surface area contributed by atoms with Crippen LogP contribution in [0.5, 0.6) is 0 Å². The Balaban J connectivity index is 0.000000209. The molecule has 1 atom stereocenters. The van der Waals surface area contributed by atoms with Crippen molar-refractivity contribution in [1.82, 2.24) is 24.8 Å². The van der Waals surface area contributed by atoms with Crippen molar-refractivity contribution in [1.29, 1.82) is 0 Å². The molecular formula is C28H35ClN6O2. The van der Waals surface area contributed by atoms with Crippen molar-refractivity contribution in [2.45, 2.75) is 38.8 Å². The fourth-order valence-electron chi connectivity index (χ4n) is 4.38. The summed E-state index contributed by atoms with van der Waals surface area (Å²) in [5.41, 5.74) is 12.6. The number of rotatable bonds is 2. The van der Waals surface area contributed by atoms with Crippen LogP contribution in [-0.4, -0.2) is 57.3 Å². The number of carbonyl (C=O) groups excluding carboxylic acids is 1. The predicted octanol–water partition coefficient (Wildman–Crippen LogP) is 4.44. The van der Waals surface area contributed by atoms with Gasteiger partial charge in [0.1, 0.15) is 5.60 Å². The minimum absolute atomic E-state index is 0.200. The van der Waals surface area contributed by atoms with E-state index in [4.69, 9.17) is 22.1 Å². The van der Waals surface area contributed by atoms with Gasteiger partial charge in [-0.1, -0.05) is 23.7 Å². The zero-order valence-electron chi connectivity index (χ0n) is 21.9. The molecule has 1 fully saturated rings. The van der Waals surface area contributed by atoms with Gasteiger partial charge in [-0.05, 0) is 67.3 Å². The quantitative estimate of drug-likeness (QED) is 0.516. The van der Waals surface area contributed by atoms with E-state index in [1.54, 1.807) is 11.2 Å². The summed E-state index contributed by atoms with van der Waals surface area (Å²) in [4.78, 5) is 22.0. The van der Waals surface area contributed by atoms with Crippen LogP contribution in [0.1, 0.15) is 54.9 Å². The standard InChI is InChI=1S/C19H17ClN4.C9H18N2O2/c1-24-11-22-10-18(24)19(21)16-7-13-3-2-6-23-17(13)8-12-4-5-14(20)9-15(12)16;1-9(2,3)13-8(12)11-6-4-10-5-7-11/h2-7,9-11,19H,8,21H2,1H3;10H,4-7H2,1-3H3. The molecule has 5 rings (SSSR count). The van der Waals surface area contributed by atoms with Crippen LogP contribution >= 0.6 is 11.6 Å². The topological polar surface area (TPSA) is 98.3 Å². The molecule has 3 N–H and O–H groups in total. The molecule has 2 aliphatic rings. The Morgan fingerprint density at radius 1 is 1.22 bits per heavy atom. The van der Waals surface area contributed by atoms with Gasteiger partial charge < -0.3 is 25.3 Å². The van der Waals surface area contributed by atoms with Gasteiger partial charge in [-0.15, -0.1) is 0 Å². The first-order valence-electron chi connectivity index (χ1n) is 12.5. The van der Waals surface area contributed by atoms with E-state index in [2.05, 4.69) is 33.5 Å². The maximum atomic E-state index is 11.5. The molecule has 37 heavy (non-hydrogen) atoms. The maximum absolute atomic E-state index is 11.5. The summed E-state index contributed by atoms with van der Waals surface area (Å²) in [5.74, 6) is 0. The van der Waals surface area contributed by atoms with E-state index >= 15 is 0 Å². The Kier molecular flexibility index (Phi) is 8.32. The van der Waals surface area contributed by atoms with E-state index in [0.717, 1.165) is 60.7 Å². The molecule has 2 aromatic heterocycles. The molecule has 1 amide bonds. The molecule has 0 saturated carbocycles. The van der Waals surface area contributed by atoms with Gasteiger partial charge in [0, 0.05) is 50.9 Å². The monoisotopic (exact) mass is 522 g/mol. The highest BCUT2D eigenvalue weighted by Gasteiger charge is 2.24. The largest absolute Gasteiger partial charge is 0.444 e. The van der Waals surface area contributed by atoms with Crippen LogP contribution in [-0.2, 0) is 18.2 Å². The minimum Gasteiger partial charge on any atom is -0.444 e. The average molecular weight is 523 g/mol. The number of aromatic nitrogens is 3. The van der Waals surface area contributed by atoms with Crippen LogP contribution in [0, 0.1) is 0 Å². The lowest BCUT2D eigenvalue weighted by molar-refractivity contribution is 0.0229. The normalized spacial score (nSPS) is 15.8. The van der Waals surface area contributed by atoms with Crippen LogP contribution < -0.4 is 11.1 Å². The smallest absolute Gasteiger partial charge is 0.410 e. The maximum Gasteiger partial charge on any atom is 0.410 e. The number of halogens is 1. The van der Waals surface area contributed by atoms with Gasteiger partial charge in [-0.25, -0.2) is 9.78 Å². The lowest BCUT2D eigenvalue weighted by atomic mass is 9.92. The first kappa shape index (κ1) is 26.9. The molecule has 1 aliphatic carbocycles. The Morgan fingerprint density at radius 2 is 1.97 bits per heavy atom. The summed E-state index contributed by atoms with van der Waals surface area (Å²) in [5, 5.41) is 3.89. The van der Waals surface area contributed by atoms with Crippen molar-refractivity contribution in [2.24, 2.45) is 12.8 Å². The highest BCUT2D eigenvalue weighted by molar-refractivity contribution is 6.30. The van der Waals surface area contributed by atoms with Crippen molar-refractivity contribution in [3.05, 3.63) is 82.2 Å². The SMILES string of the molecule is CC(C)(C)OC(=O)N1CCNCC1.Cn1cncc1C(N)C1=Cc2cccnc2Cc2ccc(Cl)cc21. The zero-order valence-corrected chi connectivity index (χ0v) is 22.6. The Hall–Kier alpha value is -3.20. The van der Waals surface area contributed by atoms with Crippen molar-refractivity contribution >= 4 is 29.3 Å². The Bertz CT molecular complexity index is 1270. The molecule has 196 valence electrons. The second kappa shape index (κ2) is 11.5. The summed E-state index contributed by atoms with van der Waals surface area (Å²) in [7, 11) is 1.95. The van der Waals surface area contributed by atoms with E-state index < -0.39 is 0 Å². The van der Waals surface area contributed by atoms with Gasteiger partial charge in [-0.3, -0.25) is 4.98 Å². The number of pyridine rings is 1. The van der Waals surface area contributed by atoms with Crippen LogP contribution in [0.25, 0.3) is 11.6 Å². The third-order valence-electron chi connectivity index (χ3n) is 6.25. The third kappa shape index (κ3) is 6.77. The predicted molar refractivity (Wildman–Crippen MR) is 147 cm³/mol. The molecular weight excluding hydrogens is 488 g/mol. The molecule has 0 spiro atoms. The van der Waals surface area contributed by atoms with Crippen LogP contribution in [0.4, 0.5) is 4.79 Å². The summed E-state index contributed by atoms with van der Waals surface area (Å²) < 4.78 is 7.19.